The number of benzene rings is 4. The summed E-state index contributed by atoms with van der Waals surface area (Å²) in [5.74, 6) is -0.395. The Bertz CT molecular complexity index is 1410. The Hall–Kier alpha value is -4.01. The number of ketones is 1. The molecule has 46 heavy (non-hydrogen) atoms. The normalized spacial score (nSPS) is 16.7. The molecule has 2 fully saturated rings. The number of Topliss-reactive ketones (excluding diaryl/α,β-unsaturated/α-hetero) is 1. The molecule has 0 bridgehead atoms. The number of ether oxygens (including phenoxy) is 2. The molecule has 4 aromatic rings. The SMILES string of the molecule is NCc1ccc(CC(C(=O)C(Cc2ccc(CN)cc2)c2ccc(N3CCOCC3)cc2)c2ccc(N3CCOCC3)cc2)cc1. The van der Waals surface area contributed by atoms with Gasteiger partial charge in [0.15, 0.2) is 0 Å². The van der Waals surface area contributed by atoms with Crippen molar-refractivity contribution in [1.82, 2.24) is 0 Å². The molecule has 7 nitrogen and oxygen atoms in total. The summed E-state index contributed by atoms with van der Waals surface area (Å²) in [7, 11) is 0. The number of morpholine rings is 2. The Kier molecular flexibility index (Phi) is 10.8. The van der Waals surface area contributed by atoms with Gasteiger partial charge in [-0.05, 0) is 70.5 Å². The molecule has 0 amide bonds. The minimum Gasteiger partial charge on any atom is -0.378 e. The van der Waals surface area contributed by atoms with E-state index in [1.54, 1.807) is 0 Å². The molecule has 2 aliphatic rings. The third-order valence-electron chi connectivity index (χ3n) is 9.43. The molecule has 2 atom stereocenters. The summed E-state index contributed by atoms with van der Waals surface area (Å²) in [5.41, 5.74) is 20.6. The smallest absolute Gasteiger partial charge is 0.148 e. The zero-order chi connectivity index (χ0) is 31.7. The van der Waals surface area contributed by atoms with E-state index in [0.717, 1.165) is 86.0 Å². The highest BCUT2D eigenvalue weighted by Crippen LogP contribution is 2.34. The number of rotatable bonds is 12. The second-order valence-corrected chi connectivity index (χ2v) is 12.3. The van der Waals surface area contributed by atoms with Crippen molar-refractivity contribution >= 4 is 17.2 Å². The first-order valence-corrected chi connectivity index (χ1v) is 16.6. The highest BCUT2D eigenvalue weighted by Gasteiger charge is 2.30. The summed E-state index contributed by atoms with van der Waals surface area (Å²) in [6.45, 7) is 7.44. The van der Waals surface area contributed by atoms with Crippen molar-refractivity contribution in [2.24, 2.45) is 11.5 Å². The lowest BCUT2D eigenvalue weighted by molar-refractivity contribution is -0.122. The molecular formula is C39H46N4O3. The van der Waals surface area contributed by atoms with Gasteiger partial charge in [0.2, 0.25) is 0 Å². The van der Waals surface area contributed by atoms with Crippen LogP contribution >= 0.6 is 0 Å². The van der Waals surface area contributed by atoms with Gasteiger partial charge in [0, 0.05) is 62.5 Å². The lowest BCUT2D eigenvalue weighted by atomic mass is 9.78. The minimum atomic E-state index is -0.310. The van der Waals surface area contributed by atoms with Crippen LogP contribution in [0.2, 0.25) is 0 Å². The van der Waals surface area contributed by atoms with E-state index in [0.29, 0.717) is 25.9 Å². The molecule has 2 heterocycles. The van der Waals surface area contributed by atoms with Crippen molar-refractivity contribution in [3.8, 4) is 0 Å². The van der Waals surface area contributed by atoms with E-state index in [1.807, 2.05) is 0 Å². The van der Waals surface area contributed by atoms with E-state index in [4.69, 9.17) is 20.9 Å². The molecule has 0 aliphatic carbocycles. The van der Waals surface area contributed by atoms with Crippen LogP contribution in [0.4, 0.5) is 11.4 Å². The van der Waals surface area contributed by atoms with E-state index in [-0.39, 0.29) is 17.6 Å². The number of hydrogen-bond acceptors (Lipinski definition) is 7. The largest absolute Gasteiger partial charge is 0.378 e. The number of carbonyl (C=O) groups is 1. The maximum atomic E-state index is 15.0. The summed E-state index contributed by atoms with van der Waals surface area (Å²) in [6.07, 6.45) is 1.24. The fourth-order valence-corrected chi connectivity index (χ4v) is 6.58. The lowest BCUT2D eigenvalue weighted by Crippen LogP contribution is -2.36. The second kappa shape index (κ2) is 15.5. The van der Waals surface area contributed by atoms with Crippen molar-refractivity contribution < 1.29 is 14.3 Å². The summed E-state index contributed by atoms with van der Waals surface area (Å²) < 4.78 is 11.1. The third kappa shape index (κ3) is 7.85. The van der Waals surface area contributed by atoms with Crippen LogP contribution in [0.5, 0.6) is 0 Å². The Balaban J connectivity index is 1.34. The van der Waals surface area contributed by atoms with Crippen LogP contribution in [0, 0.1) is 0 Å². The molecule has 0 saturated carbocycles. The van der Waals surface area contributed by atoms with E-state index in [9.17, 15) is 4.79 Å². The highest BCUT2D eigenvalue weighted by atomic mass is 16.5. The average molecular weight is 619 g/mol. The predicted octanol–water partition coefficient (Wildman–Crippen LogP) is 5.20. The number of anilines is 2. The highest BCUT2D eigenvalue weighted by molar-refractivity contribution is 5.92. The summed E-state index contributed by atoms with van der Waals surface area (Å²) in [6, 6.07) is 34.0. The van der Waals surface area contributed by atoms with E-state index in [1.165, 1.54) is 11.4 Å². The van der Waals surface area contributed by atoms with Gasteiger partial charge in [0.1, 0.15) is 5.78 Å². The topological polar surface area (TPSA) is 94.0 Å². The Morgan fingerprint density at radius 3 is 1.17 bits per heavy atom. The van der Waals surface area contributed by atoms with Gasteiger partial charge in [-0.1, -0.05) is 72.8 Å². The first-order valence-electron chi connectivity index (χ1n) is 16.6. The maximum Gasteiger partial charge on any atom is 0.148 e. The lowest BCUT2D eigenvalue weighted by Gasteiger charge is -2.30. The third-order valence-corrected chi connectivity index (χ3v) is 9.43. The van der Waals surface area contributed by atoms with Crippen molar-refractivity contribution in [2.45, 2.75) is 37.8 Å². The molecule has 4 N–H and O–H groups in total. The number of nitrogens with zero attached hydrogens (tertiary/aromatic N) is 2. The van der Waals surface area contributed by atoms with Crippen molar-refractivity contribution in [1.29, 1.82) is 0 Å². The zero-order valence-corrected chi connectivity index (χ0v) is 26.7. The molecule has 2 saturated heterocycles. The van der Waals surface area contributed by atoms with Gasteiger partial charge in [-0.3, -0.25) is 4.79 Å². The molecule has 240 valence electrons. The van der Waals surface area contributed by atoms with Gasteiger partial charge in [0.05, 0.1) is 26.4 Å². The summed E-state index contributed by atoms with van der Waals surface area (Å²) in [5, 5.41) is 0. The van der Waals surface area contributed by atoms with Gasteiger partial charge in [-0.15, -0.1) is 0 Å². The molecule has 7 heteroatoms. The van der Waals surface area contributed by atoms with Crippen LogP contribution in [0.3, 0.4) is 0 Å². The van der Waals surface area contributed by atoms with Crippen molar-refractivity contribution in [2.75, 3.05) is 62.4 Å². The molecule has 4 aromatic carbocycles. The molecule has 0 aromatic heterocycles. The van der Waals surface area contributed by atoms with Crippen molar-refractivity contribution in [3.63, 3.8) is 0 Å². The molecular weight excluding hydrogens is 572 g/mol. The van der Waals surface area contributed by atoms with Crippen LogP contribution in [0.15, 0.2) is 97.1 Å². The minimum absolute atomic E-state index is 0.226. The quantitative estimate of drug-likeness (QED) is 0.226. The van der Waals surface area contributed by atoms with Crippen LogP contribution in [0.1, 0.15) is 45.2 Å². The molecule has 0 radical (unpaired) electrons. The Labute approximate surface area is 273 Å². The average Bonchev–Trinajstić information content (AvgIpc) is 3.14. The molecule has 2 aliphatic heterocycles. The standard InChI is InChI=1S/C39H46N4O3/c40-27-31-5-1-29(2-6-31)25-37(33-9-13-35(14-10-33)42-17-21-45-22-18-42)39(44)38(26-30-3-7-32(28-41)8-4-30)34-11-15-36(16-12-34)43-19-23-46-24-20-43/h1-16,37-38H,17-28,40-41H2. The fraction of sp³-hybridized carbons (Fsp3) is 0.359. The van der Waals surface area contributed by atoms with Gasteiger partial charge in [-0.2, -0.15) is 0 Å². The van der Waals surface area contributed by atoms with Gasteiger partial charge in [-0.25, -0.2) is 0 Å². The Morgan fingerprint density at radius 1 is 0.522 bits per heavy atom. The summed E-state index contributed by atoms with van der Waals surface area (Å²) in [4.78, 5) is 19.7. The maximum absolute atomic E-state index is 15.0. The van der Waals surface area contributed by atoms with E-state index in [2.05, 4.69) is 107 Å². The van der Waals surface area contributed by atoms with Gasteiger partial charge in [0.25, 0.3) is 0 Å². The predicted molar refractivity (Wildman–Crippen MR) is 186 cm³/mol. The van der Waals surface area contributed by atoms with E-state index >= 15 is 0 Å². The molecule has 6 rings (SSSR count). The number of hydrogen-bond donors (Lipinski definition) is 2. The van der Waals surface area contributed by atoms with Crippen LogP contribution < -0.4 is 21.3 Å². The first kappa shape index (κ1) is 32.0. The van der Waals surface area contributed by atoms with Crippen LogP contribution in [0.25, 0.3) is 0 Å². The summed E-state index contributed by atoms with van der Waals surface area (Å²) >= 11 is 0. The van der Waals surface area contributed by atoms with Gasteiger partial charge >= 0.3 is 0 Å². The monoisotopic (exact) mass is 618 g/mol. The number of carbonyl (C=O) groups excluding carboxylic acids is 1. The first-order chi connectivity index (χ1) is 22.6. The zero-order valence-electron chi connectivity index (χ0n) is 26.7. The number of nitrogens with two attached hydrogens (primary N) is 2. The fourth-order valence-electron chi connectivity index (χ4n) is 6.58. The molecule has 2 unspecified atom stereocenters. The van der Waals surface area contributed by atoms with Crippen LogP contribution in [-0.2, 0) is 40.2 Å². The van der Waals surface area contributed by atoms with Gasteiger partial charge < -0.3 is 30.7 Å². The van der Waals surface area contributed by atoms with Crippen LogP contribution in [-0.4, -0.2) is 58.4 Å². The molecule has 0 spiro atoms. The van der Waals surface area contributed by atoms with E-state index < -0.39 is 0 Å². The second-order valence-electron chi connectivity index (χ2n) is 12.3. The van der Waals surface area contributed by atoms with Crippen molar-refractivity contribution in [3.05, 3.63) is 130 Å². The Morgan fingerprint density at radius 2 is 0.848 bits per heavy atom.